The standard InChI is InChI=1S/C8H17O.C4H9.2C2H5.Sn/c1-2-3-4-5-6-7-8-9;1-3-4-2;2*1-2;/h2-8H2,1H3;1,3-4H2,2H3;2*1H2,2H3;/q-1;;;;+1. The van der Waals surface area contributed by atoms with E-state index in [1.807, 2.05) is 0 Å². The van der Waals surface area contributed by atoms with Crippen LogP contribution in [0, 0.1) is 0 Å². The van der Waals surface area contributed by atoms with E-state index in [2.05, 4.69) is 27.7 Å². The van der Waals surface area contributed by atoms with Crippen LogP contribution >= 0.6 is 0 Å². The monoisotopic (exact) mass is 364 g/mol. The Morgan fingerprint density at radius 2 is 1.22 bits per heavy atom. The molecule has 110 valence electrons. The van der Waals surface area contributed by atoms with E-state index >= 15 is 0 Å². The third-order valence-electron chi connectivity index (χ3n) is 4.18. The molecule has 0 aliphatic rings. The fourth-order valence-corrected chi connectivity index (χ4v) is 12.1. The summed E-state index contributed by atoms with van der Waals surface area (Å²) in [6.07, 6.45) is 11.0. The Hall–Kier alpha value is 0.759. The van der Waals surface area contributed by atoms with Crippen molar-refractivity contribution in [1.82, 2.24) is 0 Å². The molecule has 0 atom stereocenters. The number of rotatable bonds is 13. The molecule has 0 fully saturated rings. The van der Waals surface area contributed by atoms with E-state index in [4.69, 9.17) is 3.07 Å². The van der Waals surface area contributed by atoms with Gasteiger partial charge in [-0.3, -0.25) is 0 Å². The Bertz CT molecular complexity index is 166. The van der Waals surface area contributed by atoms with Crippen molar-refractivity contribution in [1.29, 1.82) is 0 Å². The van der Waals surface area contributed by atoms with Gasteiger partial charge in [-0.1, -0.05) is 0 Å². The second-order valence-corrected chi connectivity index (χ2v) is 18.7. The Balaban J connectivity index is 3.69. The van der Waals surface area contributed by atoms with Gasteiger partial charge >= 0.3 is 121 Å². The van der Waals surface area contributed by atoms with Crippen LogP contribution in [0.15, 0.2) is 0 Å². The van der Waals surface area contributed by atoms with Gasteiger partial charge in [-0.15, -0.1) is 0 Å². The van der Waals surface area contributed by atoms with Crippen molar-refractivity contribution in [3.05, 3.63) is 0 Å². The average molecular weight is 363 g/mol. The Morgan fingerprint density at radius 1 is 0.667 bits per heavy atom. The summed E-state index contributed by atoms with van der Waals surface area (Å²) in [5.41, 5.74) is 0. The number of hydrogen-bond donors (Lipinski definition) is 0. The van der Waals surface area contributed by atoms with Crippen molar-refractivity contribution in [3.63, 3.8) is 0 Å². The molecule has 2 heteroatoms. The second kappa shape index (κ2) is 12.8. The molecule has 0 saturated carbocycles. The van der Waals surface area contributed by atoms with E-state index in [9.17, 15) is 0 Å². The molecule has 0 spiro atoms. The van der Waals surface area contributed by atoms with Crippen LogP contribution in [-0.2, 0) is 3.07 Å². The van der Waals surface area contributed by atoms with E-state index < -0.39 is 18.8 Å². The Kier molecular flexibility index (Phi) is 13.3. The van der Waals surface area contributed by atoms with Crippen molar-refractivity contribution in [3.8, 4) is 0 Å². The van der Waals surface area contributed by atoms with Gasteiger partial charge in [0, 0.05) is 0 Å². The molecule has 0 bridgehead atoms. The van der Waals surface area contributed by atoms with Gasteiger partial charge in [0.25, 0.3) is 0 Å². The molecule has 0 amide bonds. The number of hydrogen-bond acceptors (Lipinski definition) is 1. The van der Waals surface area contributed by atoms with Gasteiger partial charge < -0.3 is 0 Å². The summed E-state index contributed by atoms with van der Waals surface area (Å²) in [6, 6.07) is 0. The molecule has 0 aliphatic heterocycles. The van der Waals surface area contributed by atoms with Crippen molar-refractivity contribution in [2.24, 2.45) is 0 Å². The molecule has 0 aromatic rings. The SMILES string of the molecule is CCCCCCCC[O][Sn]([CH2]C)([CH2]C)[CH2]CCC. The predicted octanol–water partition coefficient (Wildman–Crippen LogP) is 6.15. The molecule has 0 N–H and O–H groups in total. The third kappa shape index (κ3) is 8.79. The van der Waals surface area contributed by atoms with Gasteiger partial charge in [0.15, 0.2) is 0 Å². The van der Waals surface area contributed by atoms with Crippen molar-refractivity contribution < 1.29 is 3.07 Å². The second-order valence-electron chi connectivity index (χ2n) is 5.61. The maximum atomic E-state index is 6.45. The first kappa shape index (κ1) is 18.8. The average Bonchev–Trinajstić information content (AvgIpc) is 2.42. The zero-order valence-electron chi connectivity index (χ0n) is 13.4. The summed E-state index contributed by atoms with van der Waals surface area (Å²) < 4.78 is 10.7. The van der Waals surface area contributed by atoms with Gasteiger partial charge in [-0.2, -0.15) is 0 Å². The molecule has 0 unspecified atom stereocenters. The van der Waals surface area contributed by atoms with E-state index in [0.717, 1.165) is 6.61 Å². The molecular formula is C16H36OSn. The molecule has 1 nitrogen and oxygen atoms in total. The van der Waals surface area contributed by atoms with E-state index in [-0.39, 0.29) is 0 Å². The summed E-state index contributed by atoms with van der Waals surface area (Å²) in [5.74, 6) is 0. The minimum absolute atomic E-state index is 1.06. The molecule has 0 aliphatic carbocycles. The Labute approximate surface area is 120 Å². The summed E-state index contributed by atoms with van der Waals surface area (Å²) in [4.78, 5) is 0. The van der Waals surface area contributed by atoms with E-state index in [0.29, 0.717) is 0 Å². The quantitative estimate of drug-likeness (QED) is 0.282. The molecule has 0 saturated heterocycles. The van der Waals surface area contributed by atoms with Crippen LogP contribution in [0.25, 0.3) is 0 Å². The van der Waals surface area contributed by atoms with Crippen molar-refractivity contribution in [2.45, 2.75) is 92.4 Å². The zero-order valence-corrected chi connectivity index (χ0v) is 16.2. The van der Waals surface area contributed by atoms with Crippen LogP contribution in [-0.4, -0.2) is 25.4 Å². The summed E-state index contributed by atoms with van der Waals surface area (Å²) in [5, 5.41) is 0. The molecule has 18 heavy (non-hydrogen) atoms. The van der Waals surface area contributed by atoms with Crippen LogP contribution in [0.4, 0.5) is 0 Å². The van der Waals surface area contributed by atoms with Crippen LogP contribution in [0.2, 0.25) is 13.3 Å². The van der Waals surface area contributed by atoms with Gasteiger partial charge in [0.1, 0.15) is 0 Å². The molecule has 0 radical (unpaired) electrons. The first-order valence-corrected chi connectivity index (χ1v) is 15.6. The first-order valence-electron chi connectivity index (χ1n) is 8.38. The Morgan fingerprint density at radius 3 is 1.78 bits per heavy atom. The normalized spacial score (nSPS) is 12.0. The molecular weight excluding hydrogens is 327 g/mol. The first-order chi connectivity index (χ1) is 8.74. The van der Waals surface area contributed by atoms with Gasteiger partial charge in [0.2, 0.25) is 0 Å². The molecule has 0 aromatic carbocycles. The molecule has 0 heterocycles. The maximum absolute atomic E-state index is 6.45. The van der Waals surface area contributed by atoms with Gasteiger partial charge in [0.05, 0.1) is 0 Å². The fourth-order valence-electron chi connectivity index (χ4n) is 2.55. The van der Waals surface area contributed by atoms with E-state index in [1.54, 1.807) is 0 Å². The summed E-state index contributed by atoms with van der Waals surface area (Å²) in [6.45, 7) is 10.4. The number of unbranched alkanes of at least 4 members (excludes halogenated alkanes) is 6. The van der Waals surface area contributed by atoms with Crippen LogP contribution < -0.4 is 0 Å². The minimum atomic E-state index is -2.12. The van der Waals surface area contributed by atoms with Crippen LogP contribution in [0.1, 0.15) is 79.1 Å². The van der Waals surface area contributed by atoms with Crippen molar-refractivity contribution in [2.75, 3.05) is 6.61 Å². The topological polar surface area (TPSA) is 9.23 Å². The molecule has 0 rings (SSSR count). The predicted molar refractivity (Wildman–Crippen MR) is 85.8 cm³/mol. The van der Waals surface area contributed by atoms with Gasteiger partial charge in [-0.25, -0.2) is 0 Å². The molecule has 0 aromatic heterocycles. The van der Waals surface area contributed by atoms with Gasteiger partial charge in [-0.05, 0) is 0 Å². The van der Waals surface area contributed by atoms with Crippen LogP contribution in [0.5, 0.6) is 0 Å². The fraction of sp³-hybridized carbons (Fsp3) is 1.00. The zero-order chi connectivity index (χ0) is 13.7. The van der Waals surface area contributed by atoms with Crippen molar-refractivity contribution >= 4 is 18.8 Å². The van der Waals surface area contributed by atoms with E-state index in [1.165, 1.54) is 64.7 Å². The summed E-state index contributed by atoms with van der Waals surface area (Å²) >= 11 is -2.12. The third-order valence-corrected chi connectivity index (χ3v) is 17.5. The summed E-state index contributed by atoms with van der Waals surface area (Å²) in [7, 11) is 0. The van der Waals surface area contributed by atoms with Crippen LogP contribution in [0.3, 0.4) is 0 Å².